The van der Waals surface area contributed by atoms with Crippen molar-refractivity contribution in [1.29, 1.82) is 0 Å². The van der Waals surface area contributed by atoms with E-state index in [4.69, 9.17) is 19.8 Å². The van der Waals surface area contributed by atoms with Gasteiger partial charge in [-0.1, -0.05) is 76.2 Å². The minimum absolute atomic E-state index is 0. The normalized spacial score (nSPS) is 33.8. The summed E-state index contributed by atoms with van der Waals surface area (Å²) in [6.07, 6.45) is 30.4. The molecule has 13 rings (SSSR count). The Morgan fingerprint density at radius 1 is 0.611 bits per heavy atom. The summed E-state index contributed by atoms with van der Waals surface area (Å²) in [5, 5.41) is 42.9. The smallest absolute Gasteiger partial charge is 0.407 e. The topological polar surface area (TPSA) is 206 Å². The largest absolute Gasteiger partial charge is 0.481 e. The Balaban J connectivity index is 0.00000459. The number of carbonyl (C=O) groups is 4. The fraction of sp³-hybridized carbons (Fsp3) is 0.740. The summed E-state index contributed by atoms with van der Waals surface area (Å²) in [4.78, 5) is 49.2. The molecular weight excluding hydrogens is 1270 g/mol. The number of esters is 1. The number of carboxylic acids is 2. The molecule has 0 spiro atoms. The molecule has 18 atom stereocenters. The van der Waals surface area contributed by atoms with Crippen molar-refractivity contribution in [2.75, 3.05) is 6.54 Å². The summed E-state index contributed by atoms with van der Waals surface area (Å²) in [7, 11) is 0. The van der Waals surface area contributed by atoms with Gasteiger partial charge in [0.05, 0.1) is 12.4 Å². The average Bonchev–Trinajstić information content (AvgIpc) is 1.70. The number of aliphatic carboxylic acids is 2. The van der Waals surface area contributed by atoms with Crippen molar-refractivity contribution in [3.8, 4) is 22.5 Å². The van der Waals surface area contributed by atoms with E-state index in [2.05, 4.69) is 109 Å². The van der Waals surface area contributed by atoms with Gasteiger partial charge < -0.3 is 29.6 Å². The zero-order valence-corrected chi connectivity index (χ0v) is 61.4. The number of alkyl carbamates (subject to hydrolysis) is 1. The number of nitrogens with zero attached hydrogens (tertiary/aromatic N) is 7. The number of hydrogen-bond donors (Lipinski definition) is 3. The first-order chi connectivity index (χ1) is 44.4. The van der Waals surface area contributed by atoms with Gasteiger partial charge in [-0.25, -0.2) is 9.48 Å². The summed E-state index contributed by atoms with van der Waals surface area (Å²) in [6, 6.07) is 13.2. The van der Waals surface area contributed by atoms with E-state index in [0.29, 0.717) is 69.9 Å². The van der Waals surface area contributed by atoms with Crippen molar-refractivity contribution in [1.82, 2.24) is 39.9 Å². The number of aromatic nitrogens is 7. The molecule has 18 heteroatoms. The number of carbonyl (C=O) groups excluding carboxylic acids is 2. The third-order valence-corrected chi connectivity index (χ3v) is 27.8. The molecule has 3 heterocycles. The Morgan fingerprint density at radius 2 is 1.12 bits per heavy atom. The molecule has 8 aliphatic rings. The van der Waals surface area contributed by atoms with E-state index < -0.39 is 23.6 Å². The second-order valence-electron chi connectivity index (χ2n) is 33.8. The molecule has 2 radical (unpaired) electrons. The molecule has 16 nitrogen and oxygen atoms in total. The minimum atomic E-state index is -0.678. The van der Waals surface area contributed by atoms with Gasteiger partial charge in [0.1, 0.15) is 29.6 Å². The van der Waals surface area contributed by atoms with Gasteiger partial charge in [-0.15, -0.1) is 10.2 Å². The van der Waals surface area contributed by atoms with Gasteiger partial charge in [0, 0.05) is 103 Å². The Morgan fingerprint density at radius 3 is 1.66 bits per heavy atom. The molecule has 5 aromatic rings. The molecule has 3 N–H and O–H groups in total. The molecule has 1 amide bonds. The first kappa shape index (κ1) is 71.6. The molecular formula is C77H110N8O8V2. The zero-order valence-electron chi connectivity index (χ0n) is 58.6. The quantitative estimate of drug-likeness (QED) is 0.0464. The predicted octanol–water partition coefficient (Wildman–Crippen LogP) is 16.8. The third-order valence-electron chi connectivity index (χ3n) is 27.8. The van der Waals surface area contributed by atoms with Crippen LogP contribution in [0.25, 0.3) is 44.3 Å². The van der Waals surface area contributed by atoms with Crippen LogP contribution < -0.4 is 5.32 Å². The van der Waals surface area contributed by atoms with E-state index in [1.54, 1.807) is 4.68 Å². The molecule has 95 heavy (non-hydrogen) atoms. The van der Waals surface area contributed by atoms with Gasteiger partial charge in [-0.3, -0.25) is 19.1 Å². The molecule has 2 aromatic carbocycles. The number of rotatable bonds is 21. The van der Waals surface area contributed by atoms with E-state index in [1.165, 1.54) is 96.3 Å². The Kier molecular flexibility index (Phi) is 21.5. The van der Waals surface area contributed by atoms with Crippen LogP contribution in [0.4, 0.5) is 4.79 Å². The zero-order chi connectivity index (χ0) is 65.4. The monoisotopic (exact) mass is 1380 g/mol. The van der Waals surface area contributed by atoms with Crippen molar-refractivity contribution >= 4 is 45.8 Å². The van der Waals surface area contributed by atoms with E-state index in [1.807, 2.05) is 27.0 Å². The standard InChI is InChI=1S/C77H110N8O8.2V/c1-47(13-27-69(86)87)59-23-25-61-57-21-17-52-39-49(29-33-74(52,6)63(57)31-35-76(59,61)8)43-83-44-65(79-81-83)50-15-19-55-56-20-16-51(41-68(56)85(67(55)40-50)38-12-10-11-37-78-72(91)93-73(3,4)5)66-45-84(82-80-66)46-71(90)92-54-30-34-75(7)53(42-54)18-22-58-62-26-24-60(48(2)14-28-70(88)89)77(62,9)36-32-64(58)75;;/h15-16,19-20,40-41,44-45,47-49,52-54,57-64H,10-14,17-18,21-39,42-43,46H2,1-9H3,(H,78,91)(H,86,87)(H,88,89);;/t47-,48-,49?,52?,53-,54-,57?,58?,59?,60?,61?,62?,63?,64?,74?,75?,76?,77?;;/m1../s1. The molecule has 0 bridgehead atoms. The molecule has 14 unspecified atom stereocenters. The SMILES string of the molecule is C[C@H](CCC(=O)O)C1CCC2C3CCC4CC(Cn5cc(-c6ccc7c8ccc(-c9cn(CC(=O)O[C@@H]%10CCC%11(C)C%12CCC%13(C)C(CCC%13[C@H](C)CCC(=O)O)C%12CC[C@@H]%11C%10)nn9)cc8n(CCCCCNC(=O)OC(C)(C)C)c7c6)nn5)CCC4(C)C3CCC21C.[V].[V]. The number of aryl methyl sites for hydroxylation is 1. The Labute approximate surface area is 588 Å². The minimum Gasteiger partial charge on any atom is -0.481 e. The maximum absolute atomic E-state index is 13.8. The van der Waals surface area contributed by atoms with Crippen LogP contribution >= 0.6 is 0 Å². The van der Waals surface area contributed by atoms with Crippen molar-refractivity contribution in [3.05, 3.63) is 48.8 Å². The van der Waals surface area contributed by atoms with Crippen LogP contribution in [0, 0.1) is 98.6 Å². The third kappa shape index (κ3) is 14.2. The fourth-order valence-corrected chi connectivity index (χ4v) is 23.3. The van der Waals surface area contributed by atoms with Gasteiger partial charge in [-0.05, 0) is 279 Å². The van der Waals surface area contributed by atoms with Crippen LogP contribution in [-0.2, 0) is 80.6 Å². The number of carboxylic acid groups (broad SMARTS) is 2. The number of fused-ring (bicyclic) bond motifs is 13. The molecule has 8 fully saturated rings. The Hall–Kier alpha value is -4.63. The number of unbranched alkanes of at least 4 members (excludes halogenated alkanes) is 2. The van der Waals surface area contributed by atoms with Gasteiger partial charge in [0.25, 0.3) is 0 Å². The second kappa shape index (κ2) is 28.5. The van der Waals surface area contributed by atoms with E-state index in [-0.39, 0.29) is 74.0 Å². The molecule has 0 aliphatic heterocycles. The van der Waals surface area contributed by atoms with Crippen molar-refractivity contribution in [2.45, 2.75) is 254 Å². The molecule has 8 saturated carbocycles. The number of hydrogen-bond acceptors (Lipinski definition) is 10. The summed E-state index contributed by atoms with van der Waals surface area (Å²) >= 11 is 0. The summed E-state index contributed by atoms with van der Waals surface area (Å²) < 4.78 is 18.0. The maximum Gasteiger partial charge on any atom is 0.407 e. The van der Waals surface area contributed by atoms with Crippen molar-refractivity contribution < 1.29 is 76.0 Å². The Bertz CT molecular complexity index is 3560. The number of benzene rings is 2. The van der Waals surface area contributed by atoms with E-state index >= 15 is 0 Å². The van der Waals surface area contributed by atoms with Gasteiger partial charge in [0.2, 0.25) is 0 Å². The maximum atomic E-state index is 13.8. The first-order valence-electron chi connectivity index (χ1n) is 36.9. The van der Waals surface area contributed by atoms with Crippen molar-refractivity contribution in [2.24, 2.45) is 98.6 Å². The average molecular weight is 1380 g/mol. The molecule has 516 valence electrons. The predicted molar refractivity (Wildman–Crippen MR) is 361 cm³/mol. The first-order valence-corrected chi connectivity index (χ1v) is 36.9. The van der Waals surface area contributed by atoms with Gasteiger partial charge in [-0.2, -0.15) is 0 Å². The van der Waals surface area contributed by atoms with Gasteiger partial charge in [0.15, 0.2) is 0 Å². The van der Waals surface area contributed by atoms with Crippen LogP contribution in [-0.4, -0.2) is 87.0 Å². The number of amides is 1. The summed E-state index contributed by atoms with van der Waals surface area (Å²) in [6.45, 7) is 22.8. The fourth-order valence-electron chi connectivity index (χ4n) is 23.3. The van der Waals surface area contributed by atoms with Crippen molar-refractivity contribution in [3.63, 3.8) is 0 Å². The van der Waals surface area contributed by atoms with E-state index in [0.717, 1.165) is 139 Å². The molecule has 3 aromatic heterocycles. The van der Waals surface area contributed by atoms with E-state index in [9.17, 15) is 29.4 Å². The molecule has 0 saturated heterocycles. The van der Waals surface area contributed by atoms with Crippen LogP contribution in [0.5, 0.6) is 0 Å². The van der Waals surface area contributed by atoms with Crippen LogP contribution in [0.15, 0.2) is 48.8 Å². The number of ether oxygens (including phenoxy) is 2. The van der Waals surface area contributed by atoms with Crippen LogP contribution in [0.3, 0.4) is 0 Å². The van der Waals surface area contributed by atoms with Gasteiger partial charge >= 0.3 is 24.0 Å². The number of nitrogens with one attached hydrogen (secondary N) is 1. The van der Waals surface area contributed by atoms with Crippen LogP contribution in [0.2, 0.25) is 0 Å². The van der Waals surface area contributed by atoms with Crippen LogP contribution in [0.1, 0.15) is 223 Å². The molecule has 8 aliphatic carbocycles. The second-order valence-corrected chi connectivity index (χ2v) is 33.8. The summed E-state index contributed by atoms with van der Waals surface area (Å²) in [5.41, 5.74) is 6.48. The summed E-state index contributed by atoms with van der Waals surface area (Å²) in [5.74, 6) is 6.95.